The van der Waals surface area contributed by atoms with E-state index in [2.05, 4.69) is 10.0 Å². The number of nitrogens with one attached hydrogen (secondary N) is 2. The summed E-state index contributed by atoms with van der Waals surface area (Å²) in [4.78, 5) is 23.2. The van der Waals surface area contributed by atoms with Crippen LogP contribution >= 0.6 is 10.7 Å². The lowest BCUT2D eigenvalue weighted by molar-refractivity contribution is -0.146. The molecule has 0 saturated heterocycles. The Morgan fingerprint density at radius 2 is 1.37 bits per heavy atom. The third-order valence-electron chi connectivity index (χ3n) is 5.04. The van der Waals surface area contributed by atoms with Crippen LogP contribution in [-0.4, -0.2) is 35.3 Å². The van der Waals surface area contributed by atoms with E-state index in [0.717, 1.165) is 0 Å². The fraction of sp³-hybridized carbons (Fsp3) is 0.217. The maximum atomic E-state index is 13.1. The second-order valence-electron chi connectivity index (χ2n) is 8.35. The summed E-state index contributed by atoms with van der Waals surface area (Å²) in [6, 6.07) is 14.4. The van der Waals surface area contributed by atoms with Gasteiger partial charge in [0, 0.05) is 39.8 Å². The van der Waals surface area contributed by atoms with Crippen LogP contribution < -0.4 is 10.0 Å². The number of sulfonamides is 1. The second kappa shape index (κ2) is 9.84. The molecule has 0 aliphatic carbocycles. The van der Waals surface area contributed by atoms with Crippen LogP contribution in [0.15, 0.2) is 70.5 Å². The van der Waals surface area contributed by atoms with Crippen LogP contribution in [0.1, 0.15) is 20.8 Å². The molecule has 0 aliphatic rings. The lowest BCUT2D eigenvalue weighted by Crippen LogP contribution is -2.35. The fourth-order valence-corrected chi connectivity index (χ4v) is 5.55. The van der Waals surface area contributed by atoms with E-state index in [9.17, 15) is 26.4 Å². The number of hydrogen-bond acceptors (Lipinski definition) is 7. The Labute approximate surface area is 207 Å². The standard InChI is InChI=1S/C23H23ClN2O7S2/c1-15(27)33-14-23(2,3)22(28)25-16-10-12-17(13-11-16)26-35(31,32)21-9-5-6-18-19(21)7-4-8-20(18)34(24,29)30/h4-13,26H,14H2,1-3H3,(H,25,28). The molecule has 0 spiro atoms. The van der Waals surface area contributed by atoms with Gasteiger partial charge in [-0.2, -0.15) is 0 Å². The Morgan fingerprint density at radius 3 is 1.91 bits per heavy atom. The van der Waals surface area contributed by atoms with Crippen molar-refractivity contribution in [1.82, 2.24) is 0 Å². The molecule has 0 aromatic heterocycles. The number of hydrogen-bond donors (Lipinski definition) is 2. The van der Waals surface area contributed by atoms with Crippen molar-refractivity contribution < 1.29 is 31.2 Å². The zero-order valence-corrected chi connectivity index (χ0v) is 21.4. The normalized spacial score (nSPS) is 12.2. The van der Waals surface area contributed by atoms with Crippen molar-refractivity contribution in [2.24, 2.45) is 5.41 Å². The smallest absolute Gasteiger partial charge is 0.302 e. The van der Waals surface area contributed by atoms with E-state index < -0.39 is 30.5 Å². The topological polar surface area (TPSA) is 136 Å². The van der Waals surface area contributed by atoms with Crippen molar-refractivity contribution in [2.75, 3.05) is 16.6 Å². The van der Waals surface area contributed by atoms with Crippen LogP contribution in [0.5, 0.6) is 0 Å². The van der Waals surface area contributed by atoms with Gasteiger partial charge in [0.1, 0.15) is 6.61 Å². The highest BCUT2D eigenvalue weighted by molar-refractivity contribution is 8.14. The molecule has 186 valence electrons. The summed E-state index contributed by atoms with van der Waals surface area (Å²) in [5, 5.41) is 3.07. The molecule has 12 heteroatoms. The summed E-state index contributed by atoms with van der Waals surface area (Å²) < 4.78 is 57.3. The van der Waals surface area contributed by atoms with Crippen molar-refractivity contribution in [1.29, 1.82) is 0 Å². The van der Waals surface area contributed by atoms with Gasteiger partial charge < -0.3 is 10.1 Å². The second-order valence-corrected chi connectivity index (χ2v) is 12.5. The monoisotopic (exact) mass is 538 g/mol. The van der Waals surface area contributed by atoms with E-state index in [-0.39, 0.29) is 38.8 Å². The van der Waals surface area contributed by atoms with Crippen LogP contribution in [0, 0.1) is 5.41 Å². The number of ether oxygens (including phenoxy) is 1. The molecule has 0 saturated carbocycles. The van der Waals surface area contributed by atoms with E-state index in [1.54, 1.807) is 13.8 Å². The summed E-state index contributed by atoms with van der Waals surface area (Å²) >= 11 is 0. The molecular weight excluding hydrogens is 516 g/mol. The predicted octanol–water partition coefficient (Wildman–Crippen LogP) is 4.10. The maximum Gasteiger partial charge on any atom is 0.302 e. The quantitative estimate of drug-likeness (QED) is 0.325. The Kier molecular flexibility index (Phi) is 7.44. The number of anilines is 2. The summed E-state index contributed by atoms with van der Waals surface area (Å²) in [7, 11) is -2.69. The van der Waals surface area contributed by atoms with E-state index in [1.807, 2.05) is 0 Å². The molecule has 9 nitrogen and oxygen atoms in total. The molecule has 0 atom stereocenters. The molecule has 2 N–H and O–H groups in total. The molecule has 35 heavy (non-hydrogen) atoms. The Hall–Kier alpha value is -3.15. The number of rotatable bonds is 8. The molecule has 1 amide bonds. The average molecular weight is 539 g/mol. The fourth-order valence-electron chi connectivity index (χ4n) is 3.18. The van der Waals surface area contributed by atoms with Crippen molar-refractivity contribution in [3.63, 3.8) is 0 Å². The van der Waals surface area contributed by atoms with Gasteiger partial charge in [0.15, 0.2) is 0 Å². The third kappa shape index (κ3) is 6.30. The predicted molar refractivity (Wildman–Crippen MR) is 133 cm³/mol. The van der Waals surface area contributed by atoms with Gasteiger partial charge in [-0.3, -0.25) is 14.3 Å². The van der Waals surface area contributed by atoms with Crippen LogP contribution in [-0.2, 0) is 33.4 Å². The van der Waals surface area contributed by atoms with Gasteiger partial charge in [0.05, 0.1) is 15.2 Å². The molecular formula is C23H23ClN2O7S2. The highest BCUT2D eigenvalue weighted by Crippen LogP contribution is 2.31. The highest BCUT2D eigenvalue weighted by Gasteiger charge is 2.29. The SMILES string of the molecule is CC(=O)OCC(C)(C)C(=O)Nc1ccc(NS(=O)(=O)c2cccc3c(S(=O)(=O)Cl)cccc23)cc1. The highest BCUT2D eigenvalue weighted by atomic mass is 35.7. The number of esters is 1. The Balaban J connectivity index is 1.82. The Bertz CT molecular complexity index is 1500. The molecule has 0 unspecified atom stereocenters. The van der Waals surface area contributed by atoms with Gasteiger partial charge in [0.2, 0.25) is 5.91 Å². The zero-order chi connectivity index (χ0) is 26.0. The van der Waals surface area contributed by atoms with Crippen LogP contribution in [0.4, 0.5) is 11.4 Å². The van der Waals surface area contributed by atoms with E-state index in [1.165, 1.54) is 67.6 Å². The van der Waals surface area contributed by atoms with E-state index >= 15 is 0 Å². The number of halogens is 1. The molecule has 0 radical (unpaired) electrons. The Morgan fingerprint density at radius 1 is 0.857 bits per heavy atom. The number of carbonyl (C=O) groups is 2. The minimum atomic E-state index is -4.10. The maximum absolute atomic E-state index is 13.1. The third-order valence-corrected chi connectivity index (χ3v) is 7.86. The molecule has 3 aromatic carbocycles. The largest absolute Gasteiger partial charge is 0.465 e. The summed E-state index contributed by atoms with van der Waals surface area (Å²) in [6.07, 6.45) is 0. The first-order valence-corrected chi connectivity index (χ1v) is 14.0. The van der Waals surface area contributed by atoms with Gasteiger partial charge in [-0.05, 0) is 50.2 Å². The minimum Gasteiger partial charge on any atom is -0.465 e. The number of fused-ring (bicyclic) bond motifs is 1. The zero-order valence-electron chi connectivity index (χ0n) is 19.0. The number of benzene rings is 3. The molecule has 3 rings (SSSR count). The lowest BCUT2D eigenvalue weighted by Gasteiger charge is -2.23. The van der Waals surface area contributed by atoms with E-state index in [4.69, 9.17) is 15.4 Å². The molecule has 0 bridgehead atoms. The minimum absolute atomic E-state index is 0.0934. The van der Waals surface area contributed by atoms with Crippen LogP contribution in [0.2, 0.25) is 0 Å². The summed E-state index contributed by atoms with van der Waals surface area (Å²) in [5.41, 5.74) is -0.341. The van der Waals surface area contributed by atoms with Gasteiger partial charge in [-0.25, -0.2) is 16.8 Å². The summed E-state index contributed by atoms with van der Waals surface area (Å²) in [6.45, 7) is 4.41. The lowest BCUT2D eigenvalue weighted by atomic mass is 9.93. The number of amides is 1. The van der Waals surface area contributed by atoms with Crippen LogP contribution in [0.25, 0.3) is 10.8 Å². The molecule has 3 aromatic rings. The van der Waals surface area contributed by atoms with Crippen LogP contribution in [0.3, 0.4) is 0 Å². The summed E-state index contributed by atoms with van der Waals surface area (Å²) in [5.74, 6) is -0.873. The van der Waals surface area contributed by atoms with Crippen molar-refractivity contribution in [3.8, 4) is 0 Å². The van der Waals surface area contributed by atoms with Crippen molar-refractivity contribution in [2.45, 2.75) is 30.6 Å². The van der Waals surface area contributed by atoms with Gasteiger partial charge in [-0.1, -0.05) is 24.3 Å². The van der Waals surface area contributed by atoms with Gasteiger partial charge >= 0.3 is 5.97 Å². The van der Waals surface area contributed by atoms with Crippen molar-refractivity contribution in [3.05, 3.63) is 60.7 Å². The van der Waals surface area contributed by atoms with E-state index in [0.29, 0.717) is 5.69 Å². The first-order valence-electron chi connectivity index (χ1n) is 10.2. The number of carbonyl (C=O) groups excluding carboxylic acids is 2. The first-order chi connectivity index (χ1) is 16.2. The van der Waals surface area contributed by atoms with Gasteiger partial charge in [-0.15, -0.1) is 0 Å². The molecule has 0 heterocycles. The van der Waals surface area contributed by atoms with Crippen molar-refractivity contribution >= 4 is 63.8 Å². The molecule has 0 aliphatic heterocycles. The molecule has 0 fully saturated rings. The average Bonchev–Trinajstić information content (AvgIpc) is 2.77. The van der Waals surface area contributed by atoms with Gasteiger partial charge in [0.25, 0.3) is 19.1 Å². The first kappa shape index (κ1) is 26.5.